The fourth-order valence-corrected chi connectivity index (χ4v) is 3.01. The van der Waals surface area contributed by atoms with E-state index in [4.69, 9.17) is 0 Å². The van der Waals surface area contributed by atoms with Crippen molar-refractivity contribution >= 4 is 38.5 Å². The molecule has 0 aliphatic heterocycles. The summed E-state index contributed by atoms with van der Waals surface area (Å²) < 4.78 is 2.51. The molecular weight excluding hydrogens is 401 g/mol. The largest absolute Gasteiger partial charge is 0.310 e. The maximum atomic E-state index is 3.68. The third-order valence-corrected chi connectivity index (χ3v) is 4.36. The predicted octanol–water partition coefficient (Wildman–Crippen LogP) is 5.53. The van der Waals surface area contributed by atoms with Crippen LogP contribution >= 0.6 is 38.5 Å². The fraction of sp³-hybridized carbons (Fsp3) is 0.600. The van der Waals surface area contributed by atoms with Gasteiger partial charge in [0.2, 0.25) is 0 Å². The Morgan fingerprint density at radius 2 is 2.00 bits per heavy atom. The van der Waals surface area contributed by atoms with Crippen molar-refractivity contribution < 1.29 is 0 Å². The van der Waals surface area contributed by atoms with Gasteiger partial charge in [0.1, 0.15) is 0 Å². The van der Waals surface area contributed by atoms with E-state index in [1.165, 1.54) is 26.4 Å². The quantitative estimate of drug-likeness (QED) is 0.613. The minimum atomic E-state index is 0.391. The molecule has 1 atom stereocenters. The van der Waals surface area contributed by atoms with Crippen LogP contribution in [0.5, 0.6) is 0 Å². The molecule has 102 valence electrons. The summed E-state index contributed by atoms with van der Waals surface area (Å²) in [6.45, 7) is 10.1. The topological polar surface area (TPSA) is 12.0 Å². The standard InChI is InChI=1S/C15H23BrIN/c1-5-18-14(8-9-15(2,3)4)12-10-11(17)6-7-13(12)16/h6-7,10,14,18H,5,8-9H2,1-4H3. The van der Waals surface area contributed by atoms with E-state index in [0.29, 0.717) is 11.5 Å². The van der Waals surface area contributed by atoms with E-state index in [1.807, 2.05) is 0 Å². The van der Waals surface area contributed by atoms with Crippen molar-refractivity contribution in [2.45, 2.75) is 46.6 Å². The molecule has 0 saturated carbocycles. The van der Waals surface area contributed by atoms with Crippen LogP contribution in [-0.2, 0) is 0 Å². The molecule has 0 saturated heterocycles. The Morgan fingerprint density at radius 1 is 1.33 bits per heavy atom. The normalized spacial score (nSPS) is 13.7. The van der Waals surface area contributed by atoms with Crippen LogP contribution in [0.2, 0.25) is 0 Å². The van der Waals surface area contributed by atoms with Gasteiger partial charge in [-0.1, -0.05) is 43.6 Å². The lowest BCUT2D eigenvalue weighted by atomic mass is 9.87. The van der Waals surface area contributed by atoms with Crippen molar-refractivity contribution in [2.75, 3.05) is 6.54 Å². The van der Waals surface area contributed by atoms with Crippen LogP contribution < -0.4 is 5.32 Å². The first kappa shape index (κ1) is 16.4. The van der Waals surface area contributed by atoms with Crippen molar-refractivity contribution in [1.82, 2.24) is 5.32 Å². The van der Waals surface area contributed by atoms with E-state index >= 15 is 0 Å². The highest BCUT2D eigenvalue weighted by atomic mass is 127. The van der Waals surface area contributed by atoms with Gasteiger partial charge in [-0.2, -0.15) is 0 Å². The van der Waals surface area contributed by atoms with Crippen LogP contribution in [0, 0.1) is 8.99 Å². The molecule has 0 aromatic heterocycles. The summed E-state index contributed by atoms with van der Waals surface area (Å²) in [4.78, 5) is 0. The monoisotopic (exact) mass is 423 g/mol. The first-order valence-electron chi connectivity index (χ1n) is 6.52. The van der Waals surface area contributed by atoms with Crippen LogP contribution in [-0.4, -0.2) is 6.54 Å². The lowest BCUT2D eigenvalue weighted by Crippen LogP contribution is -2.23. The van der Waals surface area contributed by atoms with E-state index in [2.05, 4.69) is 89.7 Å². The Balaban J connectivity index is 2.86. The third kappa shape index (κ3) is 5.57. The zero-order valence-corrected chi connectivity index (χ0v) is 15.4. The molecule has 0 amide bonds. The molecular formula is C15H23BrIN. The predicted molar refractivity (Wildman–Crippen MR) is 92.0 cm³/mol. The van der Waals surface area contributed by atoms with Crippen molar-refractivity contribution in [2.24, 2.45) is 5.41 Å². The molecule has 0 spiro atoms. The Morgan fingerprint density at radius 3 is 2.56 bits per heavy atom. The second kappa shape index (κ2) is 7.25. The molecule has 0 aliphatic rings. The average molecular weight is 424 g/mol. The maximum absolute atomic E-state index is 3.68. The molecule has 0 bridgehead atoms. The van der Waals surface area contributed by atoms with Gasteiger partial charge >= 0.3 is 0 Å². The second-order valence-electron chi connectivity index (χ2n) is 5.88. The molecule has 0 fully saturated rings. The van der Waals surface area contributed by atoms with E-state index in [1.54, 1.807) is 0 Å². The van der Waals surface area contributed by atoms with Gasteiger partial charge in [-0.15, -0.1) is 0 Å². The Labute approximate surface area is 133 Å². The summed E-state index contributed by atoms with van der Waals surface area (Å²) in [5.41, 5.74) is 1.77. The summed E-state index contributed by atoms with van der Waals surface area (Å²) in [7, 11) is 0. The van der Waals surface area contributed by atoms with Gasteiger partial charge < -0.3 is 5.32 Å². The molecule has 18 heavy (non-hydrogen) atoms. The van der Waals surface area contributed by atoms with Crippen LogP contribution in [0.3, 0.4) is 0 Å². The Bertz CT molecular complexity index is 385. The smallest absolute Gasteiger partial charge is 0.0331 e. The fourth-order valence-electron chi connectivity index (χ4n) is 1.97. The molecule has 1 nitrogen and oxygen atoms in total. The van der Waals surface area contributed by atoms with Gasteiger partial charge in [-0.3, -0.25) is 0 Å². The van der Waals surface area contributed by atoms with Crippen molar-refractivity contribution in [3.8, 4) is 0 Å². The van der Waals surface area contributed by atoms with Crippen LogP contribution in [0.4, 0.5) is 0 Å². The van der Waals surface area contributed by atoms with Gasteiger partial charge in [-0.25, -0.2) is 0 Å². The lowest BCUT2D eigenvalue weighted by molar-refractivity contribution is 0.333. The molecule has 0 aliphatic carbocycles. The summed E-state index contributed by atoms with van der Waals surface area (Å²) >= 11 is 6.06. The van der Waals surface area contributed by atoms with Gasteiger partial charge in [0.05, 0.1) is 0 Å². The maximum Gasteiger partial charge on any atom is 0.0331 e. The zero-order chi connectivity index (χ0) is 13.8. The highest BCUT2D eigenvalue weighted by molar-refractivity contribution is 14.1. The third-order valence-electron chi connectivity index (χ3n) is 2.97. The molecule has 1 unspecified atom stereocenters. The number of hydrogen-bond acceptors (Lipinski definition) is 1. The van der Waals surface area contributed by atoms with Gasteiger partial charge in [0.15, 0.2) is 0 Å². The number of halogens is 2. The minimum absolute atomic E-state index is 0.391. The van der Waals surface area contributed by atoms with Crippen LogP contribution in [0.15, 0.2) is 22.7 Å². The lowest BCUT2D eigenvalue weighted by Gasteiger charge is -2.25. The van der Waals surface area contributed by atoms with E-state index in [9.17, 15) is 0 Å². The van der Waals surface area contributed by atoms with Gasteiger partial charge in [0, 0.05) is 14.1 Å². The van der Waals surface area contributed by atoms with Crippen LogP contribution in [0.25, 0.3) is 0 Å². The summed E-state index contributed by atoms with van der Waals surface area (Å²) in [5.74, 6) is 0. The SMILES string of the molecule is CCNC(CCC(C)(C)C)c1cc(I)ccc1Br. The van der Waals surface area contributed by atoms with Gasteiger partial charge in [-0.05, 0) is 71.2 Å². The number of benzene rings is 1. The molecule has 1 rings (SSSR count). The number of hydrogen-bond donors (Lipinski definition) is 1. The summed E-state index contributed by atoms with van der Waals surface area (Å²) in [6.07, 6.45) is 2.40. The Kier molecular flexibility index (Phi) is 6.62. The molecule has 1 aromatic carbocycles. The first-order valence-corrected chi connectivity index (χ1v) is 8.39. The summed E-state index contributed by atoms with van der Waals surface area (Å²) in [6, 6.07) is 7.01. The van der Waals surface area contributed by atoms with E-state index in [0.717, 1.165) is 6.54 Å². The number of nitrogens with one attached hydrogen (secondary N) is 1. The minimum Gasteiger partial charge on any atom is -0.310 e. The highest BCUT2D eigenvalue weighted by Crippen LogP contribution is 2.31. The van der Waals surface area contributed by atoms with Crippen molar-refractivity contribution in [1.29, 1.82) is 0 Å². The van der Waals surface area contributed by atoms with E-state index < -0.39 is 0 Å². The Hall–Kier alpha value is 0.390. The van der Waals surface area contributed by atoms with E-state index in [-0.39, 0.29) is 0 Å². The molecule has 0 heterocycles. The molecule has 3 heteroatoms. The molecule has 1 N–H and O–H groups in total. The zero-order valence-electron chi connectivity index (χ0n) is 11.7. The average Bonchev–Trinajstić information content (AvgIpc) is 2.26. The van der Waals surface area contributed by atoms with Crippen LogP contribution in [0.1, 0.15) is 52.1 Å². The number of rotatable bonds is 5. The first-order chi connectivity index (χ1) is 8.33. The van der Waals surface area contributed by atoms with Crippen molar-refractivity contribution in [3.05, 3.63) is 31.8 Å². The van der Waals surface area contributed by atoms with Crippen molar-refractivity contribution in [3.63, 3.8) is 0 Å². The summed E-state index contributed by atoms with van der Waals surface area (Å²) in [5, 5.41) is 3.61. The second-order valence-corrected chi connectivity index (χ2v) is 7.98. The molecule has 0 radical (unpaired) electrons. The van der Waals surface area contributed by atoms with Gasteiger partial charge in [0.25, 0.3) is 0 Å². The molecule has 1 aromatic rings. The highest BCUT2D eigenvalue weighted by Gasteiger charge is 2.18.